The summed E-state index contributed by atoms with van der Waals surface area (Å²) >= 11 is 0. The fourth-order valence-corrected chi connectivity index (χ4v) is 6.61. The zero-order valence-corrected chi connectivity index (χ0v) is 13.9. The van der Waals surface area contributed by atoms with Gasteiger partial charge >= 0.3 is 17.9 Å². The van der Waals surface area contributed by atoms with Gasteiger partial charge in [-0.15, -0.1) is 0 Å². The standard InChI is InChI=1S/C18H24O6/c1-11(12(19)20)3-4-16-5-15(2)6-17(8-16,13(21)22)10-18(7-15,9-16)14(23)24/h1,3-10H2,2H3,(H,19,20)(H,21,22)(H,23,24). The second kappa shape index (κ2) is 4.83. The Morgan fingerprint density at radius 1 is 0.875 bits per heavy atom. The lowest BCUT2D eigenvalue weighted by Crippen LogP contribution is -2.64. The average Bonchev–Trinajstić information content (AvgIpc) is 2.41. The fraction of sp³-hybridized carbons (Fsp3) is 0.722. The van der Waals surface area contributed by atoms with E-state index in [1.807, 2.05) is 6.92 Å². The Kier molecular flexibility index (Phi) is 3.42. The van der Waals surface area contributed by atoms with Gasteiger partial charge in [-0.3, -0.25) is 9.59 Å². The van der Waals surface area contributed by atoms with Crippen LogP contribution >= 0.6 is 0 Å². The number of carboxylic acids is 3. The minimum absolute atomic E-state index is 0.102. The molecule has 4 bridgehead atoms. The molecule has 2 unspecified atom stereocenters. The van der Waals surface area contributed by atoms with Crippen LogP contribution in [0, 0.1) is 21.7 Å². The maximum atomic E-state index is 12.0. The van der Waals surface area contributed by atoms with Crippen LogP contribution in [-0.4, -0.2) is 33.2 Å². The molecule has 4 saturated carbocycles. The number of rotatable bonds is 6. The summed E-state index contributed by atoms with van der Waals surface area (Å²) in [5.41, 5.74) is -2.61. The first-order chi connectivity index (χ1) is 11.0. The van der Waals surface area contributed by atoms with E-state index in [0.29, 0.717) is 32.1 Å². The highest BCUT2D eigenvalue weighted by Crippen LogP contribution is 2.74. The van der Waals surface area contributed by atoms with E-state index < -0.39 is 34.2 Å². The molecule has 6 nitrogen and oxygen atoms in total. The lowest BCUT2D eigenvalue weighted by Gasteiger charge is -2.67. The monoisotopic (exact) mass is 336 g/mol. The molecule has 4 fully saturated rings. The molecular formula is C18H24O6. The summed E-state index contributed by atoms with van der Waals surface area (Å²) in [6, 6.07) is 0. The molecule has 6 heteroatoms. The largest absolute Gasteiger partial charge is 0.481 e. The lowest BCUT2D eigenvalue weighted by atomic mass is 9.35. The molecule has 24 heavy (non-hydrogen) atoms. The van der Waals surface area contributed by atoms with Crippen molar-refractivity contribution in [1.29, 1.82) is 0 Å². The second-order valence-electron chi connectivity index (χ2n) is 8.95. The second-order valence-corrected chi connectivity index (χ2v) is 8.95. The first-order valence-electron chi connectivity index (χ1n) is 8.34. The van der Waals surface area contributed by atoms with Gasteiger partial charge < -0.3 is 15.3 Å². The highest BCUT2D eigenvalue weighted by molar-refractivity contribution is 5.85. The third kappa shape index (κ3) is 2.34. The van der Waals surface area contributed by atoms with E-state index in [4.69, 9.17) is 5.11 Å². The third-order valence-electron chi connectivity index (χ3n) is 6.60. The van der Waals surface area contributed by atoms with E-state index in [1.54, 1.807) is 0 Å². The molecule has 0 aromatic carbocycles. The van der Waals surface area contributed by atoms with Gasteiger partial charge in [-0.25, -0.2) is 4.79 Å². The van der Waals surface area contributed by atoms with Gasteiger partial charge in [0.2, 0.25) is 0 Å². The molecule has 0 amide bonds. The molecule has 4 aliphatic rings. The van der Waals surface area contributed by atoms with Crippen LogP contribution in [0.25, 0.3) is 0 Å². The zero-order valence-electron chi connectivity index (χ0n) is 13.9. The van der Waals surface area contributed by atoms with Gasteiger partial charge in [0, 0.05) is 5.57 Å². The number of carboxylic acid groups (broad SMARTS) is 3. The summed E-state index contributed by atoms with van der Waals surface area (Å²) < 4.78 is 0. The minimum atomic E-state index is -1.05. The summed E-state index contributed by atoms with van der Waals surface area (Å²) in [6.07, 6.45) is 3.69. The first-order valence-corrected chi connectivity index (χ1v) is 8.34. The van der Waals surface area contributed by atoms with Crippen molar-refractivity contribution in [3.05, 3.63) is 12.2 Å². The maximum Gasteiger partial charge on any atom is 0.330 e. The van der Waals surface area contributed by atoms with Crippen LogP contribution in [0.1, 0.15) is 58.3 Å². The van der Waals surface area contributed by atoms with Crippen LogP contribution in [0.2, 0.25) is 0 Å². The van der Waals surface area contributed by atoms with Gasteiger partial charge in [-0.2, -0.15) is 0 Å². The van der Waals surface area contributed by atoms with Crippen LogP contribution in [0.15, 0.2) is 12.2 Å². The summed E-state index contributed by atoms with van der Waals surface area (Å²) in [7, 11) is 0. The van der Waals surface area contributed by atoms with Gasteiger partial charge in [0.05, 0.1) is 10.8 Å². The van der Waals surface area contributed by atoms with Crippen molar-refractivity contribution in [1.82, 2.24) is 0 Å². The SMILES string of the molecule is C=C(CCC12CC3(C)CC(C(=O)O)(C1)CC(C(=O)O)(C3)C2)C(=O)O. The molecule has 0 spiro atoms. The third-order valence-corrected chi connectivity index (χ3v) is 6.60. The number of hydrogen-bond acceptors (Lipinski definition) is 3. The van der Waals surface area contributed by atoms with E-state index >= 15 is 0 Å². The maximum absolute atomic E-state index is 12.0. The number of hydrogen-bond donors (Lipinski definition) is 3. The number of aliphatic carboxylic acids is 3. The molecule has 132 valence electrons. The first kappa shape index (κ1) is 17.0. The van der Waals surface area contributed by atoms with Gasteiger partial charge in [0.1, 0.15) is 0 Å². The topological polar surface area (TPSA) is 112 Å². The Balaban J connectivity index is 1.99. The van der Waals surface area contributed by atoms with E-state index in [9.17, 15) is 24.6 Å². The minimum Gasteiger partial charge on any atom is -0.481 e. The van der Waals surface area contributed by atoms with E-state index in [2.05, 4.69) is 6.58 Å². The Bertz CT molecular complexity index is 618. The van der Waals surface area contributed by atoms with Crippen LogP contribution in [0.5, 0.6) is 0 Å². The van der Waals surface area contributed by atoms with Gasteiger partial charge in [0.25, 0.3) is 0 Å². The molecule has 0 aromatic rings. The molecule has 4 aliphatic carbocycles. The van der Waals surface area contributed by atoms with Gasteiger partial charge in [0.15, 0.2) is 0 Å². The Morgan fingerprint density at radius 3 is 1.79 bits per heavy atom. The molecule has 0 saturated heterocycles. The number of carbonyl (C=O) groups is 3. The van der Waals surface area contributed by atoms with E-state index in [0.717, 1.165) is 6.42 Å². The van der Waals surface area contributed by atoms with Crippen molar-refractivity contribution in [2.45, 2.75) is 58.3 Å². The summed E-state index contributed by atoms with van der Waals surface area (Å²) in [4.78, 5) is 35.1. The smallest absolute Gasteiger partial charge is 0.330 e. The quantitative estimate of drug-likeness (QED) is 0.643. The van der Waals surface area contributed by atoms with Crippen molar-refractivity contribution in [2.24, 2.45) is 21.7 Å². The highest BCUT2D eigenvalue weighted by atomic mass is 16.4. The fourth-order valence-electron chi connectivity index (χ4n) is 6.61. The molecule has 4 rings (SSSR count). The Hall–Kier alpha value is -1.85. The van der Waals surface area contributed by atoms with Crippen LogP contribution in [-0.2, 0) is 14.4 Å². The van der Waals surface area contributed by atoms with Crippen molar-refractivity contribution in [3.63, 3.8) is 0 Å². The van der Waals surface area contributed by atoms with Crippen LogP contribution < -0.4 is 0 Å². The normalized spacial score (nSPS) is 42.7. The van der Waals surface area contributed by atoms with Crippen LogP contribution in [0.3, 0.4) is 0 Å². The molecular weight excluding hydrogens is 312 g/mol. The molecule has 0 aliphatic heterocycles. The van der Waals surface area contributed by atoms with Gasteiger partial charge in [-0.1, -0.05) is 13.5 Å². The van der Waals surface area contributed by atoms with Gasteiger partial charge in [-0.05, 0) is 62.2 Å². The van der Waals surface area contributed by atoms with Crippen molar-refractivity contribution in [2.75, 3.05) is 0 Å². The summed E-state index contributed by atoms with van der Waals surface area (Å²) in [5.74, 6) is -2.85. The van der Waals surface area contributed by atoms with E-state index in [-0.39, 0.29) is 23.8 Å². The molecule has 0 aromatic heterocycles. The average molecular weight is 336 g/mol. The highest BCUT2D eigenvalue weighted by Gasteiger charge is 2.71. The van der Waals surface area contributed by atoms with Crippen molar-refractivity contribution < 1.29 is 29.7 Å². The van der Waals surface area contributed by atoms with Crippen molar-refractivity contribution >= 4 is 17.9 Å². The predicted octanol–water partition coefficient (Wildman–Crippen LogP) is 2.92. The van der Waals surface area contributed by atoms with E-state index in [1.165, 1.54) is 0 Å². The molecule has 0 heterocycles. The van der Waals surface area contributed by atoms with Crippen molar-refractivity contribution in [3.8, 4) is 0 Å². The Morgan fingerprint density at radius 2 is 1.38 bits per heavy atom. The predicted molar refractivity (Wildman–Crippen MR) is 84.4 cm³/mol. The zero-order chi connectivity index (χ0) is 18.0. The molecule has 0 radical (unpaired) electrons. The molecule has 3 N–H and O–H groups in total. The summed E-state index contributed by atoms with van der Waals surface area (Å²) in [5, 5.41) is 28.8. The summed E-state index contributed by atoms with van der Waals surface area (Å²) in [6.45, 7) is 5.56. The Labute approximate surface area is 140 Å². The molecule has 2 atom stereocenters. The lowest BCUT2D eigenvalue weighted by molar-refractivity contribution is -0.220. The van der Waals surface area contributed by atoms with Crippen LogP contribution in [0.4, 0.5) is 0 Å².